The van der Waals surface area contributed by atoms with Gasteiger partial charge in [-0.25, -0.2) is 9.97 Å². The Hall–Kier alpha value is -1.78. The number of nitrogens with zero attached hydrogens (tertiary/aromatic N) is 2. The van der Waals surface area contributed by atoms with E-state index in [0.717, 1.165) is 43.2 Å². The third-order valence-corrected chi connectivity index (χ3v) is 3.47. The minimum atomic E-state index is 0.178. The van der Waals surface area contributed by atoms with Gasteiger partial charge in [-0.2, -0.15) is 0 Å². The van der Waals surface area contributed by atoms with Crippen LogP contribution in [0.4, 0.5) is 0 Å². The van der Waals surface area contributed by atoms with Crippen LogP contribution in [0.1, 0.15) is 11.4 Å². The quantitative estimate of drug-likeness (QED) is 0.925. The van der Waals surface area contributed by atoms with E-state index in [0.29, 0.717) is 0 Å². The summed E-state index contributed by atoms with van der Waals surface area (Å²) in [5.41, 5.74) is 3.35. The van der Waals surface area contributed by atoms with Crippen LogP contribution in [-0.4, -0.2) is 35.8 Å². The highest BCUT2D eigenvalue weighted by molar-refractivity contribution is 5.58. The molecule has 1 aliphatic rings. The number of aryl methyl sites for hydroxylation is 1. The summed E-state index contributed by atoms with van der Waals surface area (Å²) < 4.78 is 5.70. The Labute approximate surface area is 119 Å². The van der Waals surface area contributed by atoms with E-state index in [1.54, 1.807) is 0 Å². The number of morpholine rings is 1. The first-order valence-corrected chi connectivity index (χ1v) is 7.02. The van der Waals surface area contributed by atoms with Crippen LogP contribution in [0.3, 0.4) is 0 Å². The molecule has 1 atom stereocenters. The average molecular weight is 269 g/mol. The second-order valence-electron chi connectivity index (χ2n) is 5.13. The Morgan fingerprint density at radius 1 is 1.25 bits per heavy atom. The third-order valence-electron chi connectivity index (χ3n) is 3.47. The van der Waals surface area contributed by atoms with Gasteiger partial charge < -0.3 is 10.1 Å². The molecule has 3 rings (SSSR count). The van der Waals surface area contributed by atoms with Crippen molar-refractivity contribution in [3.05, 3.63) is 47.9 Å². The zero-order valence-electron chi connectivity index (χ0n) is 11.7. The molecule has 4 heteroatoms. The zero-order valence-corrected chi connectivity index (χ0v) is 11.7. The van der Waals surface area contributed by atoms with E-state index in [4.69, 9.17) is 4.74 Å². The van der Waals surface area contributed by atoms with E-state index in [2.05, 4.69) is 46.5 Å². The molecule has 4 nitrogen and oxygen atoms in total. The molecule has 20 heavy (non-hydrogen) atoms. The largest absolute Gasteiger partial charge is 0.375 e. The Bertz CT molecular complexity index is 562. The standard InChI is InChI=1S/C16H19N3O/c1-12-2-4-13(5-3-12)15-6-7-18-16(19-15)10-14-11-17-8-9-20-14/h2-7,14,17H,8-11H2,1H3. The van der Waals surface area contributed by atoms with Gasteiger partial charge in [0.1, 0.15) is 5.82 Å². The molecule has 1 N–H and O–H groups in total. The van der Waals surface area contributed by atoms with E-state index in [9.17, 15) is 0 Å². The van der Waals surface area contributed by atoms with Crippen molar-refractivity contribution in [3.63, 3.8) is 0 Å². The van der Waals surface area contributed by atoms with Crippen molar-refractivity contribution in [1.29, 1.82) is 0 Å². The van der Waals surface area contributed by atoms with Crippen LogP contribution >= 0.6 is 0 Å². The Morgan fingerprint density at radius 2 is 2.10 bits per heavy atom. The molecule has 2 heterocycles. The Balaban J connectivity index is 1.76. The van der Waals surface area contributed by atoms with E-state index >= 15 is 0 Å². The van der Waals surface area contributed by atoms with Crippen molar-refractivity contribution < 1.29 is 4.74 Å². The first-order valence-electron chi connectivity index (χ1n) is 7.02. The van der Waals surface area contributed by atoms with Crippen molar-refractivity contribution in [2.75, 3.05) is 19.7 Å². The number of nitrogens with one attached hydrogen (secondary N) is 1. The molecule has 1 aromatic heterocycles. The molecule has 0 saturated carbocycles. The lowest BCUT2D eigenvalue weighted by atomic mass is 10.1. The minimum Gasteiger partial charge on any atom is -0.375 e. The molecule has 1 saturated heterocycles. The van der Waals surface area contributed by atoms with Gasteiger partial charge in [-0.15, -0.1) is 0 Å². The van der Waals surface area contributed by atoms with Gasteiger partial charge >= 0.3 is 0 Å². The average Bonchev–Trinajstić information content (AvgIpc) is 2.49. The summed E-state index contributed by atoms with van der Waals surface area (Å²) in [4.78, 5) is 9.01. The summed E-state index contributed by atoms with van der Waals surface area (Å²) >= 11 is 0. The molecule has 0 spiro atoms. The first-order chi connectivity index (χ1) is 9.81. The monoisotopic (exact) mass is 269 g/mol. The highest BCUT2D eigenvalue weighted by atomic mass is 16.5. The molecule has 0 aliphatic carbocycles. The van der Waals surface area contributed by atoms with Crippen LogP contribution in [0.5, 0.6) is 0 Å². The van der Waals surface area contributed by atoms with Gasteiger partial charge in [0.15, 0.2) is 0 Å². The highest BCUT2D eigenvalue weighted by Gasteiger charge is 2.15. The van der Waals surface area contributed by atoms with Gasteiger partial charge in [0.05, 0.1) is 18.4 Å². The van der Waals surface area contributed by atoms with Gasteiger partial charge in [-0.05, 0) is 13.0 Å². The smallest absolute Gasteiger partial charge is 0.131 e. The summed E-state index contributed by atoms with van der Waals surface area (Å²) in [6, 6.07) is 10.4. The summed E-state index contributed by atoms with van der Waals surface area (Å²) in [7, 11) is 0. The van der Waals surface area contributed by atoms with Crippen LogP contribution in [0.2, 0.25) is 0 Å². The van der Waals surface area contributed by atoms with E-state index in [1.165, 1.54) is 5.56 Å². The number of hydrogen-bond acceptors (Lipinski definition) is 4. The van der Waals surface area contributed by atoms with Crippen molar-refractivity contribution in [2.24, 2.45) is 0 Å². The highest BCUT2D eigenvalue weighted by Crippen LogP contribution is 2.17. The van der Waals surface area contributed by atoms with Gasteiger partial charge in [-0.3, -0.25) is 0 Å². The second kappa shape index (κ2) is 6.11. The maximum atomic E-state index is 5.70. The molecular formula is C16H19N3O. The summed E-state index contributed by atoms with van der Waals surface area (Å²) in [6.07, 6.45) is 2.76. The Kier molecular flexibility index (Phi) is 4.04. The lowest BCUT2D eigenvalue weighted by Crippen LogP contribution is -2.39. The molecule has 1 unspecified atom stereocenters. The number of aromatic nitrogens is 2. The summed E-state index contributed by atoms with van der Waals surface area (Å²) in [5.74, 6) is 0.844. The molecule has 0 radical (unpaired) electrons. The maximum absolute atomic E-state index is 5.70. The van der Waals surface area contributed by atoms with Gasteiger partial charge in [0.2, 0.25) is 0 Å². The molecule has 0 amide bonds. The number of benzene rings is 1. The van der Waals surface area contributed by atoms with Gasteiger partial charge in [0.25, 0.3) is 0 Å². The molecule has 1 aromatic carbocycles. The number of hydrogen-bond donors (Lipinski definition) is 1. The van der Waals surface area contributed by atoms with Gasteiger partial charge in [-0.1, -0.05) is 29.8 Å². The second-order valence-corrected chi connectivity index (χ2v) is 5.13. The molecule has 1 fully saturated rings. The van der Waals surface area contributed by atoms with Crippen molar-refractivity contribution in [2.45, 2.75) is 19.4 Å². The fourth-order valence-corrected chi connectivity index (χ4v) is 2.34. The fourth-order valence-electron chi connectivity index (χ4n) is 2.34. The van der Waals surface area contributed by atoms with Crippen molar-refractivity contribution in [1.82, 2.24) is 15.3 Å². The first kappa shape index (κ1) is 13.2. The third kappa shape index (κ3) is 3.21. The lowest BCUT2D eigenvalue weighted by Gasteiger charge is -2.22. The van der Waals surface area contributed by atoms with E-state index < -0.39 is 0 Å². The predicted molar refractivity (Wildman–Crippen MR) is 78.5 cm³/mol. The van der Waals surface area contributed by atoms with Crippen LogP contribution in [0, 0.1) is 6.92 Å². The predicted octanol–water partition coefficient (Wildman–Crippen LogP) is 1.98. The normalized spacial score (nSPS) is 18.9. The van der Waals surface area contributed by atoms with Crippen LogP contribution in [0.15, 0.2) is 36.5 Å². The topological polar surface area (TPSA) is 47.0 Å². The van der Waals surface area contributed by atoms with Crippen molar-refractivity contribution in [3.8, 4) is 11.3 Å². The van der Waals surface area contributed by atoms with E-state index in [-0.39, 0.29) is 6.10 Å². The number of rotatable bonds is 3. The summed E-state index contributed by atoms with van der Waals surface area (Å²) in [6.45, 7) is 4.66. The molecular weight excluding hydrogens is 250 g/mol. The lowest BCUT2D eigenvalue weighted by molar-refractivity contribution is 0.0280. The molecule has 0 bridgehead atoms. The number of ether oxygens (including phenoxy) is 1. The maximum Gasteiger partial charge on any atom is 0.131 e. The van der Waals surface area contributed by atoms with E-state index in [1.807, 2.05) is 12.3 Å². The minimum absolute atomic E-state index is 0.178. The fraction of sp³-hybridized carbons (Fsp3) is 0.375. The summed E-state index contributed by atoms with van der Waals surface area (Å²) in [5, 5.41) is 3.33. The molecule has 104 valence electrons. The molecule has 1 aliphatic heterocycles. The van der Waals surface area contributed by atoms with Crippen LogP contribution < -0.4 is 5.32 Å². The molecule has 2 aromatic rings. The SMILES string of the molecule is Cc1ccc(-c2ccnc(CC3CNCCO3)n2)cc1. The zero-order chi connectivity index (χ0) is 13.8. The van der Waals surface area contributed by atoms with Crippen LogP contribution in [0.25, 0.3) is 11.3 Å². The Morgan fingerprint density at radius 3 is 2.85 bits per heavy atom. The van der Waals surface area contributed by atoms with Gasteiger partial charge in [0, 0.05) is 31.3 Å². The van der Waals surface area contributed by atoms with Crippen molar-refractivity contribution >= 4 is 0 Å². The van der Waals surface area contributed by atoms with Crippen LogP contribution in [-0.2, 0) is 11.2 Å².